The van der Waals surface area contributed by atoms with Crippen molar-refractivity contribution < 1.29 is 45.0 Å². The van der Waals surface area contributed by atoms with Crippen molar-refractivity contribution in [3.8, 4) is 22.6 Å². The maximum atomic E-state index is 13.4. The minimum atomic E-state index is -4.82. The molecule has 9 nitrogen and oxygen atoms in total. The molecule has 47 heavy (non-hydrogen) atoms. The van der Waals surface area contributed by atoms with E-state index in [0.29, 0.717) is 41.0 Å². The quantitative estimate of drug-likeness (QED) is 0.197. The number of urea groups is 1. The monoisotopic (exact) mass is 671 g/mol. The van der Waals surface area contributed by atoms with E-state index < -0.39 is 34.1 Å². The summed E-state index contributed by atoms with van der Waals surface area (Å²) in [7, 11) is -4.17. The summed E-state index contributed by atoms with van der Waals surface area (Å²) in [5.41, 5.74) is 2.59. The van der Waals surface area contributed by atoms with Gasteiger partial charge in [0.2, 0.25) is 0 Å². The van der Waals surface area contributed by atoms with Crippen LogP contribution in [0.1, 0.15) is 28.8 Å². The molecule has 1 heterocycles. The van der Waals surface area contributed by atoms with Gasteiger partial charge in [0.1, 0.15) is 23.4 Å². The number of anilines is 1. The average Bonchev–Trinajstić information content (AvgIpc) is 3.01. The molecular weight excluding hydrogens is 642 g/mol. The molecule has 1 aliphatic heterocycles. The minimum absolute atomic E-state index is 0.227. The van der Waals surface area contributed by atoms with E-state index in [1.54, 1.807) is 49.4 Å². The lowest BCUT2D eigenvalue weighted by Crippen LogP contribution is -2.48. The van der Waals surface area contributed by atoms with E-state index in [1.165, 1.54) is 29.2 Å². The molecule has 1 aliphatic rings. The summed E-state index contributed by atoms with van der Waals surface area (Å²) >= 11 is 0. The Morgan fingerprint density at radius 3 is 2.19 bits per heavy atom. The van der Waals surface area contributed by atoms with Gasteiger partial charge in [-0.15, -0.1) is 13.2 Å². The van der Waals surface area contributed by atoms with Crippen LogP contribution in [0.2, 0.25) is 0 Å². The first-order chi connectivity index (χ1) is 22.3. The number of alkyl halides is 3. The second-order valence-electron chi connectivity index (χ2n) is 10.7. The van der Waals surface area contributed by atoms with Crippen molar-refractivity contribution >= 4 is 27.6 Å². The zero-order chi connectivity index (χ0) is 33.8. The normalized spacial score (nSPS) is 13.9. The summed E-state index contributed by atoms with van der Waals surface area (Å²) in [5.74, 6) is -0.946. The number of carbonyl (C=O) groups is 2. The van der Waals surface area contributed by atoms with Crippen molar-refractivity contribution in [2.24, 2.45) is 0 Å². The van der Waals surface area contributed by atoms with Crippen LogP contribution in [0.25, 0.3) is 11.1 Å². The van der Waals surface area contributed by atoms with E-state index in [9.17, 15) is 35.6 Å². The van der Waals surface area contributed by atoms with Crippen LogP contribution in [0, 0.1) is 12.7 Å². The smallest absolute Gasteiger partial charge is 0.490 e. The highest BCUT2D eigenvalue weighted by molar-refractivity contribution is 7.90. The van der Waals surface area contributed by atoms with Crippen molar-refractivity contribution in [1.29, 1.82) is 0 Å². The molecule has 0 radical (unpaired) electrons. The maximum Gasteiger partial charge on any atom is 0.573 e. The molecule has 2 N–H and O–H groups in total. The Morgan fingerprint density at radius 2 is 1.53 bits per heavy atom. The van der Waals surface area contributed by atoms with Crippen LogP contribution in [-0.2, 0) is 10.0 Å². The molecule has 0 bridgehead atoms. The first kappa shape index (κ1) is 33.3. The van der Waals surface area contributed by atoms with Crippen LogP contribution in [0.4, 0.5) is 28.0 Å². The van der Waals surface area contributed by atoms with Crippen molar-refractivity contribution in [1.82, 2.24) is 9.62 Å². The van der Waals surface area contributed by atoms with Crippen molar-refractivity contribution in [3.63, 3.8) is 0 Å². The third-order valence-corrected chi connectivity index (χ3v) is 8.70. The Labute approximate surface area is 268 Å². The molecule has 3 amide bonds. The predicted molar refractivity (Wildman–Crippen MR) is 165 cm³/mol. The van der Waals surface area contributed by atoms with Gasteiger partial charge in [-0.25, -0.2) is 22.3 Å². The molecule has 5 rings (SSSR count). The molecule has 0 aliphatic carbocycles. The Bertz CT molecular complexity index is 1860. The van der Waals surface area contributed by atoms with Gasteiger partial charge in [-0.3, -0.25) is 4.79 Å². The fraction of sp³-hybridized carbons (Fsp3) is 0.212. The predicted octanol–water partition coefficient (Wildman–Crippen LogP) is 6.89. The van der Waals surface area contributed by atoms with Crippen molar-refractivity contribution in [2.45, 2.75) is 37.1 Å². The lowest BCUT2D eigenvalue weighted by molar-refractivity contribution is -0.274. The fourth-order valence-electron chi connectivity index (χ4n) is 5.13. The number of ether oxygens (including phenoxy) is 2. The molecule has 4 aromatic rings. The third-order valence-electron chi connectivity index (χ3n) is 7.36. The highest BCUT2D eigenvalue weighted by Crippen LogP contribution is 2.32. The SMILES string of the molecule is Cc1cccc(C(=O)Nc2cccc(OC3CCN(C(=O)NS(=O)(=O)c4ccc(F)cc4)CC3)c2)c1-c1ccc(OC(F)(F)F)cc1. The molecular formula is C33H29F4N3O6S. The average molecular weight is 672 g/mol. The van der Waals surface area contributed by atoms with Crippen LogP contribution >= 0.6 is 0 Å². The molecule has 0 atom stereocenters. The number of likely N-dealkylation sites (tertiary alicyclic amines) is 1. The summed E-state index contributed by atoms with van der Waals surface area (Å²) in [5, 5.41) is 2.84. The molecule has 0 unspecified atom stereocenters. The molecule has 14 heteroatoms. The van der Waals surface area contributed by atoms with Gasteiger partial charge in [-0.05, 0) is 78.2 Å². The zero-order valence-corrected chi connectivity index (χ0v) is 25.7. The zero-order valence-electron chi connectivity index (χ0n) is 24.9. The van der Waals surface area contributed by atoms with Gasteiger partial charge in [0.05, 0.1) is 4.90 Å². The topological polar surface area (TPSA) is 114 Å². The number of nitrogens with zero attached hydrogens (tertiary/aromatic N) is 1. The highest BCUT2D eigenvalue weighted by atomic mass is 32.2. The van der Waals surface area contributed by atoms with Crippen LogP contribution in [-0.4, -0.2) is 50.8 Å². The third kappa shape index (κ3) is 8.58. The number of nitrogens with one attached hydrogen (secondary N) is 2. The molecule has 246 valence electrons. The Hall–Kier alpha value is -5.11. The number of halogens is 4. The Morgan fingerprint density at radius 1 is 0.872 bits per heavy atom. The van der Waals surface area contributed by atoms with Gasteiger partial charge >= 0.3 is 12.4 Å². The van der Waals surface area contributed by atoms with E-state index in [2.05, 4.69) is 10.1 Å². The van der Waals surface area contributed by atoms with Gasteiger partial charge in [-0.1, -0.05) is 30.3 Å². The summed E-state index contributed by atoms with van der Waals surface area (Å²) in [6.45, 7) is 2.25. The van der Waals surface area contributed by atoms with E-state index >= 15 is 0 Å². The molecule has 0 saturated carbocycles. The largest absolute Gasteiger partial charge is 0.573 e. The fourth-order valence-corrected chi connectivity index (χ4v) is 6.10. The van der Waals surface area contributed by atoms with E-state index in [0.717, 1.165) is 29.8 Å². The van der Waals surface area contributed by atoms with Gasteiger partial charge < -0.3 is 19.7 Å². The molecule has 1 saturated heterocycles. The first-order valence-electron chi connectivity index (χ1n) is 14.4. The number of aryl methyl sites for hydroxylation is 1. The summed E-state index contributed by atoms with van der Waals surface area (Å²) < 4.78 is 88.0. The molecule has 0 aromatic heterocycles. The van der Waals surface area contributed by atoms with Crippen LogP contribution in [0.3, 0.4) is 0 Å². The molecule has 4 aromatic carbocycles. The first-order valence-corrected chi connectivity index (χ1v) is 15.9. The number of sulfonamides is 1. The van der Waals surface area contributed by atoms with Gasteiger partial charge in [0.25, 0.3) is 15.9 Å². The minimum Gasteiger partial charge on any atom is -0.490 e. The lowest BCUT2D eigenvalue weighted by atomic mass is 9.94. The number of rotatable bonds is 8. The van der Waals surface area contributed by atoms with Crippen LogP contribution < -0.4 is 19.5 Å². The standard InChI is InChI=1S/C33H29F4N3O6S/c1-21-4-2-7-29(30(21)22-8-12-26(13-9-22)46-33(35,36)37)31(41)38-24-5-3-6-27(20-24)45-25-16-18-40(19-17-25)32(42)39-47(43,44)28-14-10-23(34)11-15-28/h2-15,20,25H,16-19H2,1H3,(H,38,41)(H,39,42). The van der Waals surface area contributed by atoms with E-state index in [1.807, 2.05) is 4.72 Å². The number of carbonyl (C=O) groups excluding carboxylic acids is 2. The molecule has 0 spiro atoms. The summed E-state index contributed by atoms with van der Waals surface area (Å²) in [4.78, 5) is 27.1. The number of piperidine rings is 1. The van der Waals surface area contributed by atoms with E-state index in [-0.39, 0.29) is 29.8 Å². The van der Waals surface area contributed by atoms with Gasteiger partial charge in [-0.2, -0.15) is 0 Å². The Kier molecular flexibility index (Phi) is 9.70. The van der Waals surface area contributed by atoms with Crippen molar-refractivity contribution in [2.75, 3.05) is 18.4 Å². The Balaban J connectivity index is 1.19. The number of hydrogen-bond acceptors (Lipinski definition) is 6. The maximum absolute atomic E-state index is 13.4. The summed E-state index contributed by atoms with van der Waals surface area (Å²) in [6, 6.07) is 20.5. The molecule has 1 fully saturated rings. The lowest BCUT2D eigenvalue weighted by Gasteiger charge is -2.32. The second kappa shape index (κ2) is 13.7. The van der Waals surface area contributed by atoms with Crippen LogP contribution in [0.15, 0.2) is 95.9 Å². The van der Waals surface area contributed by atoms with Gasteiger partial charge in [0.15, 0.2) is 0 Å². The number of hydrogen-bond donors (Lipinski definition) is 2. The second-order valence-corrected chi connectivity index (χ2v) is 12.4. The van der Waals surface area contributed by atoms with E-state index in [4.69, 9.17) is 4.74 Å². The number of amides is 3. The van der Waals surface area contributed by atoms with Crippen LogP contribution in [0.5, 0.6) is 11.5 Å². The summed E-state index contributed by atoms with van der Waals surface area (Å²) in [6.07, 6.45) is -4.27. The van der Waals surface area contributed by atoms with Crippen molar-refractivity contribution in [3.05, 3.63) is 108 Å². The highest BCUT2D eigenvalue weighted by Gasteiger charge is 2.31. The number of benzene rings is 4. The van der Waals surface area contributed by atoms with Gasteiger partial charge in [0, 0.05) is 43.2 Å².